The average Bonchev–Trinajstić information content (AvgIpc) is 3.32. The fourth-order valence-electron chi connectivity index (χ4n) is 2.90. The van der Waals surface area contributed by atoms with Gasteiger partial charge in [0.2, 0.25) is 5.91 Å². The molecule has 0 aliphatic heterocycles. The van der Waals surface area contributed by atoms with E-state index in [1.54, 1.807) is 0 Å². The van der Waals surface area contributed by atoms with Gasteiger partial charge in [0, 0.05) is 18.9 Å². The zero-order chi connectivity index (χ0) is 17.5. The molecule has 1 aromatic rings. The van der Waals surface area contributed by atoms with E-state index < -0.39 is 17.6 Å². The summed E-state index contributed by atoms with van der Waals surface area (Å²) >= 11 is 0. The lowest BCUT2D eigenvalue weighted by molar-refractivity contribution is -0.137. The fraction of sp³-hybridized carbons (Fsp3) is 0.556. The second kappa shape index (κ2) is 8.76. The van der Waals surface area contributed by atoms with Crippen molar-refractivity contribution >= 4 is 11.9 Å². The van der Waals surface area contributed by atoms with Crippen LogP contribution in [-0.2, 0) is 9.59 Å². The van der Waals surface area contributed by atoms with Crippen LogP contribution in [0.3, 0.4) is 0 Å². The third kappa shape index (κ3) is 5.58. The highest BCUT2D eigenvalue weighted by Gasteiger charge is 2.45. The maximum absolute atomic E-state index is 13.7. The summed E-state index contributed by atoms with van der Waals surface area (Å²) in [6.45, 7) is 0.562. The summed E-state index contributed by atoms with van der Waals surface area (Å²) in [6.07, 6.45) is 5.05. The lowest BCUT2D eigenvalue weighted by Crippen LogP contribution is -2.26. The zero-order valence-electron chi connectivity index (χ0n) is 13.6. The number of hydrogen-bond acceptors (Lipinski definition) is 2. The number of amides is 1. The number of benzene rings is 1. The lowest BCUT2D eigenvalue weighted by atomic mass is 10.1. The zero-order valence-corrected chi connectivity index (χ0v) is 13.6. The van der Waals surface area contributed by atoms with Crippen LogP contribution in [0.2, 0.25) is 0 Å². The summed E-state index contributed by atoms with van der Waals surface area (Å²) in [7, 11) is 0. The number of hydrogen-bond donors (Lipinski definition) is 2. The molecule has 6 heteroatoms. The van der Waals surface area contributed by atoms with Crippen molar-refractivity contribution < 1.29 is 23.5 Å². The molecule has 2 unspecified atom stereocenters. The van der Waals surface area contributed by atoms with E-state index in [1.807, 2.05) is 0 Å². The molecule has 0 spiro atoms. The van der Waals surface area contributed by atoms with Gasteiger partial charge in [-0.25, -0.2) is 8.78 Å². The van der Waals surface area contributed by atoms with E-state index in [2.05, 4.69) is 5.32 Å². The number of carbonyl (C=O) groups is 2. The standard InChI is InChI=1S/C18H23F2NO3/c19-12-7-8-16(20)14(10-12)13-11-15(13)18(24)21-9-5-3-1-2-4-6-17(22)23/h7-8,10,13,15H,1-6,9,11H2,(H,21,24)(H,22,23). The van der Waals surface area contributed by atoms with Gasteiger partial charge in [0.05, 0.1) is 0 Å². The van der Waals surface area contributed by atoms with Crippen molar-refractivity contribution in [2.24, 2.45) is 5.92 Å². The summed E-state index contributed by atoms with van der Waals surface area (Å²) in [5.41, 5.74) is 0.286. The molecule has 24 heavy (non-hydrogen) atoms. The van der Waals surface area contributed by atoms with Crippen molar-refractivity contribution in [3.05, 3.63) is 35.4 Å². The van der Waals surface area contributed by atoms with Crippen LogP contribution in [0, 0.1) is 17.6 Å². The van der Waals surface area contributed by atoms with E-state index in [9.17, 15) is 18.4 Å². The number of aliphatic carboxylic acids is 1. The predicted octanol–water partition coefficient (Wildman–Crippen LogP) is 3.61. The molecule has 2 N–H and O–H groups in total. The van der Waals surface area contributed by atoms with Crippen molar-refractivity contribution in [1.29, 1.82) is 0 Å². The van der Waals surface area contributed by atoms with E-state index in [1.165, 1.54) is 6.07 Å². The number of halogens is 2. The van der Waals surface area contributed by atoms with Crippen molar-refractivity contribution in [3.8, 4) is 0 Å². The van der Waals surface area contributed by atoms with E-state index in [0.29, 0.717) is 19.4 Å². The molecule has 132 valence electrons. The summed E-state index contributed by atoms with van der Waals surface area (Å²) in [5, 5.41) is 11.4. The fourth-order valence-corrected chi connectivity index (χ4v) is 2.90. The molecular weight excluding hydrogens is 316 g/mol. The maximum atomic E-state index is 13.7. The monoisotopic (exact) mass is 339 g/mol. The van der Waals surface area contributed by atoms with Gasteiger partial charge in [0.25, 0.3) is 0 Å². The van der Waals surface area contributed by atoms with Gasteiger partial charge in [-0.1, -0.05) is 19.3 Å². The van der Waals surface area contributed by atoms with Crippen LogP contribution in [0.4, 0.5) is 8.78 Å². The molecule has 0 bridgehead atoms. The van der Waals surface area contributed by atoms with Crippen LogP contribution in [0.25, 0.3) is 0 Å². The van der Waals surface area contributed by atoms with E-state index in [0.717, 1.165) is 37.8 Å². The van der Waals surface area contributed by atoms with Crippen molar-refractivity contribution in [2.45, 2.75) is 50.9 Å². The first-order valence-electron chi connectivity index (χ1n) is 8.43. The first kappa shape index (κ1) is 18.4. The highest BCUT2D eigenvalue weighted by molar-refractivity contribution is 5.82. The predicted molar refractivity (Wildman–Crippen MR) is 85.6 cm³/mol. The molecule has 2 atom stereocenters. The van der Waals surface area contributed by atoms with Crippen LogP contribution in [-0.4, -0.2) is 23.5 Å². The first-order chi connectivity index (χ1) is 11.5. The quantitative estimate of drug-likeness (QED) is 0.640. The second-order valence-electron chi connectivity index (χ2n) is 6.32. The maximum Gasteiger partial charge on any atom is 0.303 e. The van der Waals surface area contributed by atoms with Gasteiger partial charge in [-0.2, -0.15) is 0 Å². The molecule has 4 nitrogen and oxygen atoms in total. The van der Waals surface area contributed by atoms with Gasteiger partial charge in [-0.15, -0.1) is 0 Å². The minimum atomic E-state index is -0.768. The Morgan fingerprint density at radius 2 is 1.83 bits per heavy atom. The Bertz CT molecular complexity index is 592. The highest BCUT2D eigenvalue weighted by atomic mass is 19.1. The molecule has 1 saturated carbocycles. The first-order valence-corrected chi connectivity index (χ1v) is 8.43. The highest BCUT2D eigenvalue weighted by Crippen LogP contribution is 2.48. The van der Waals surface area contributed by atoms with Crippen LogP contribution >= 0.6 is 0 Å². The van der Waals surface area contributed by atoms with Crippen molar-refractivity contribution in [2.75, 3.05) is 6.54 Å². The molecule has 1 aliphatic carbocycles. The van der Waals surface area contributed by atoms with E-state index in [4.69, 9.17) is 5.11 Å². The molecule has 1 aliphatic rings. The minimum absolute atomic E-state index is 0.102. The van der Waals surface area contributed by atoms with Crippen LogP contribution in [0.5, 0.6) is 0 Å². The Hall–Kier alpha value is -1.98. The normalized spacial score (nSPS) is 19.1. The van der Waals surface area contributed by atoms with Crippen LogP contribution in [0.1, 0.15) is 56.4 Å². The van der Waals surface area contributed by atoms with E-state index >= 15 is 0 Å². The van der Waals surface area contributed by atoms with Gasteiger partial charge in [-0.3, -0.25) is 9.59 Å². The third-order valence-electron chi connectivity index (χ3n) is 4.35. The summed E-state index contributed by atoms with van der Waals surface area (Å²) < 4.78 is 26.8. The minimum Gasteiger partial charge on any atom is -0.481 e. The van der Waals surface area contributed by atoms with Gasteiger partial charge < -0.3 is 10.4 Å². The van der Waals surface area contributed by atoms with Crippen LogP contribution < -0.4 is 5.32 Å². The molecule has 1 fully saturated rings. The van der Waals surface area contributed by atoms with Crippen molar-refractivity contribution in [3.63, 3.8) is 0 Å². The van der Waals surface area contributed by atoms with Gasteiger partial charge in [-0.05, 0) is 48.9 Å². The molecule has 0 radical (unpaired) electrons. The Balaban J connectivity index is 1.59. The third-order valence-corrected chi connectivity index (χ3v) is 4.35. The number of carboxylic acid groups (broad SMARTS) is 1. The number of rotatable bonds is 10. The van der Waals surface area contributed by atoms with Crippen molar-refractivity contribution in [1.82, 2.24) is 5.32 Å². The molecule has 1 amide bonds. The smallest absolute Gasteiger partial charge is 0.303 e. The van der Waals surface area contributed by atoms with Crippen LogP contribution in [0.15, 0.2) is 18.2 Å². The molecule has 2 rings (SSSR count). The Labute approximate surface area is 140 Å². The molecular formula is C18H23F2NO3. The largest absolute Gasteiger partial charge is 0.481 e. The topological polar surface area (TPSA) is 66.4 Å². The van der Waals surface area contributed by atoms with E-state index in [-0.39, 0.29) is 29.7 Å². The SMILES string of the molecule is O=C(O)CCCCCCCNC(=O)C1CC1c1cc(F)ccc1F. The molecule has 0 heterocycles. The summed E-state index contributed by atoms with van der Waals surface area (Å²) in [6, 6.07) is 3.35. The molecule has 0 saturated heterocycles. The number of nitrogens with one attached hydrogen (secondary N) is 1. The second-order valence-corrected chi connectivity index (χ2v) is 6.32. The Morgan fingerprint density at radius 1 is 1.12 bits per heavy atom. The van der Waals surface area contributed by atoms with Gasteiger partial charge >= 0.3 is 5.97 Å². The molecule has 0 aromatic heterocycles. The number of carbonyl (C=O) groups excluding carboxylic acids is 1. The average molecular weight is 339 g/mol. The van der Waals surface area contributed by atoms with Gasteiger partial charge in [0.15, 0.2) is 0 Å². The Kier molecular flexibility index (Phi) is 6.70. The number of carboxylic acids is 1. The lowest BCUT2D eigenvalue weighted by Gasteiger charge is -2.06. The molecule has 1 aromatic carbocycles. The summed E-state index contributed by atoms with van der Waals surface area (Å²) in [4.78, 5) is 22.4. The van der Waals surface area contributed by atoms with Gasteiger partial charge in [0.1, 0.15) is 11.6 Å². The summed E-state index contributed by atoms with van der Waals surface area (Å²) in [5.74, 6) is -2.31. The number of unbranched alkanes of at least 4 members (excludes halogenated alkanes) is 4. The Morgan fingerprint density at radius 3 is 2.58 bits per heavy atom.